The van der Waals surface area contributed by atoms with Crippen LogP contribution >= 0.6 is 0 Å². The molecule has 0 amide bonds. The summed E-state index contributed by atoms with van der Waals surface area (Å²) in [6.45, 7) is 5.18. The molecule has 2 N–H and O–H groups in total. The van der Waals surface area contributed by atoms with E-state index in [1.807, 2.05) is 29.2 Å². The molecule has 1 aliphatic rings. The molecule has 3 aromatic rings. The van der Waals surface area contributed by atoms with Gasteiger partial charge in [0.15, 0.2) is 0 Å². The second-order valence-electron chi connectivity index (χ2n) is 7.49. The molecule has 0 saturated carbocycles. The minimum atomic E-state index is -4.33. The predicted octanol–water partition coefficient (Wildman–Crippen LogP) is 3.26. The zero-order chi connectivity index (χ0) is 23.3. The maximum absolute atomic E-state index is 12.9. The molecule has 7 nitrogen and oxygen atoms in total. The van der Waals surface area contributed by atoms with Crippen molar-refractivity contribution < 1.29 is 23.1 Å². The first-order chi connectivity index (χ1) is 15.1. The number of carboxylic acid groups (broad SMARTS) is 1. The highest BCUT2D eigenvalue weighted by Crippen LogP contribution is 2.31. The van der Waals surface area contributed by atoms with E-state index < -0.39 is 17.7 Å². The van der Waals surface area contributed by atoms with Crippen LogP contribution in [0.1, 0.15) is 12.5 Å². The van der Waals surface area contributed by atoms with E-state index >= 15 is 0 Å². The number of piperazine rings is 1. The topological polar surface area (TPSA) is 81.6 Å². The highest BCUT2D eigenvalue weighted by molar-refractivity contribution is 5.74. The Labute approximate surface area is 182 Å². The standard InChI is InChI=1S/C20H21F3N4O.C2H4O2/c21-20(22,23)15-4-3-5-16(14-15)26-11-8-25(9-12-26)10-13-27-18-7-2-1-6-17(18)24-19(27)28;1-2(3)4/h1-7,14H,8-13H2,(H,24,28);1H3,(H,3,4). The Hall–Kier alpha value is -3.27. The van der Waals surface area contributed by atoms with Crippen molar-refractivity contribution in [1.82, 2.24) is 14.5 Å². The molecule has 1 fully saturated rings. The molecule has 0 spiro atoms. The molecule has 32 heavy (non-hydrogen) atoms. The van der Waals surface area contributed by atoms with Crippen LogP contribution in [0.4, 0.5) is 18.9 Å². The van der Waals surface area contributed by atoms with Gasteiger partial charge >= 0.3 is 11.9 Å². The zero-order valence-electron chi connectivity index (χ0n) is 17.6. The van der Waals surface area contributed by atoms with Gasteiger partial charge in [-0.15, -0.1) is 0 Å². The van der Waals surface area contributed by atoms with Crippen LogP contribution in [0.15, 0.2) is 53.3 Å². The van der Waals surface area contributed by atoms with E-state index in [0.717, 1.165) is 43.7 Å². The summed E-state index contributed by atoms with van der Waals surface area (Å²) in [4.78, 5) is 28.2. The molecule has 1 aliphatic heterocycles. The maximum atomic E-state index is 12.9. The number of halogens is 3. The summed E-state index contributed by atoms with van der Waals surface area (Å²) >= 11 is 0. The summed E-state index contributed by atoms with van der Waals surface area (Å²) in [5.74, 6) is -0.833. The van der Waals surface area contributed by atoms with Gasteiger partial charge in [0.2, 0.25) is 0 Å². The number of H-pyrrole nitrogens is 1. The number of rotatable bonds is 4. The minimum Gasteiger partial charge on any atom is -0.481 e. The first-order valence-electron chi connectivity index (χ1n) is 10.2. The van der Waals surface area contributed by atoms with Crippen molar-refractivity contribution in [2.24, 2.45) is 0 Å². The van der Waals surface area contributed by atoms with Gasteiger partial charge in [-0.25, -0.2) is 4.79 Å². The lowest BCUT2D eigenvalue weighted by atomic mass is 10.1. The van der Waals surface area contributed by atoms with Crippen molar-refractivity contribution in [3.63, 3.8) is 0 Å². The molecule has 0 atom stereocenters. The van der Waals surface area contributed by atoms with Crippen molar-refractivity contribution in [2.45, 2.75) is 19.6 Å². The van der Waals surface area contributed by atoms with E-state index in [1.165, 1.54) is 12.1 Å². The molecule has 0 aliphatic carbocycles. The summed E-state index contributed by atoms with van der Waals surface area (Å²) in [6.07, 6.45) is -4.33. The number of para-hydroxylation sites is 2. The molecule has 4 rings (SSSR count). The third kappa shape index (κ3) is 5.91. The lowest BCUT2D eigenvalue weighted by Crippen LogP contribution is -2.47. The first kappa shape index (κ1) is 23.4. The van der Waals surface area contributed by atoms with Gasteiger partial charge < -0.3 is 15.0 Å². The molecule has 1 saturated heterocycles. The molecular weight excluding hydrogens is 425 g/mol. The van der Waals surface area contributed by atoms with Crippen LogP contribution in [0.2, 0.25) is 0 Å². The van der Waals surface area contributed by atoms with Crippen LogP contribution < -0.4 is 10.6 Å². The second kappa shape index (κ2) is 9.90. The molecule has 2 aromatic carbocycles. The van der Waals surface area contributed by atoms with Gasteiger partial charge in [-0.05, 0) is 30.3 Å². The van der Waals surface area contributed by atoms with Gasteiger partial charge in [0, 0.05) is 51.9 Å². The molecule has 10 heteroatoms. The maximum Gasteiger partial charge on any atom is 0.416 e. The van der Waals surface area contributed by atoms with E-state index in [2.05, 4.69) is 9.88 Å². The molecule has 0 bridgehead atoms. The average molecular weight is 450 g/mol. The summed E-state index contributed by atoms with van der Waals surface area (Å²) in [5.41, 5.74) is 1.56. The Morgan fingerprint density at radius 2 is 1.69 bits per heavy atom. The fourth-order valence-corrected chi connectivity index (χ4v) is 3.68. The number of carboxylic acids is 1. The van der Waals surface area contributed by atoms with Crippen molar-refractivity contribution in [3.05, 3.63) is 64.6 Å². The van der Waals surface area contributed by atoms with Crippen LogP contribution in [0, 0.1) is 0 Å². The quantitative estimate of drug-likeness (QED) is 0.638. The van der Waals surface area contributed by atoms with E-state index in [1.54, 1.807) is 10.6 Å². The Morgan fingerprint density at radius 1 is 1.03 bits per heavy atom. The number of hydrogen-bond donors (Lipinski definition) is 2. The fourth-order valence-electron chi connectivity index (χ4n) is 3.68. The smallest absolute Gasteiger partial charge is 0.416 e. The Kier molecular flexibility index (Phi) is 7.24. The largest absolute Gasteiger partial charge is 0.481 e. The Balaban J connectivity index is 0.000000668. The molecule has 2 heterocycles. The summed E-state index contributed by atoms with van der Waals surface area (Å²) in [7, 11) is 0. The predicted molar refractivity (Wildman–Crippen MR) is 116 cm³/mol. The monoisotopic (exact) mass is 450 g/mol. The number of aromatic amines is 1. The SMILES string of the molecule is CC(=O)O.O=c1[nH]c2ccccc2n1CCN1CCN(c2cccc(C(F)(F)F)c2)CC1. The first-order valence-corrected chi connectivity index (χ1v) is 10.2. The lowest BCUT2D eigenvalue weighted by Gasteiger charge is -2.36. The number of aromatic nitrogens is 2. The number of hydrogen-bond acceptors (Lipinski definition) is 4. The van der Waals surface area contributed by atoms with E-state index in [9.17, 15) is 18.0 Å². The summed E-state index contributed by atoms with van der Waals surface area (Å²) < 4.78 is 40.5. The highest BCUT2D eigenvalue weighted by Gasteiger charge is 2.31. The third-order valence-corrected chi connectivity index (χ3v) is 5.23. The normalized spacial score (nSPS) is 14.8. The number of imidazole rings is 1. The average Bonchev–Trinajstić information content (AvgIpc) is 3.07. The number of carbonyl (C=O) groups is 1. The molecule has 172 valence electrons. The number of fused-ring (bicyclic) bond motifs is 1. The van der Waals surface area contributed by atoms with Crippen molar-refractivity contribution in [1.29, 1.82) is 0 Å². The number of benzene rings is 2. The lowest BCUT2D eigenvalue weighted by molar-refractivity contribution is -0.137. The number of anilines is 1. The van der Waals surface area contributed by atoms with Crippen molar-refractivity contribution in [3.8, 4) is 0 Å². The summed E-state index contributed by atoms with van der Waals surface area (Å²) in [6, 6.07) is 13.1. The molecule has 1 aromatic heterocycles. The van der Waals surface area contributed by atoms with Gasteiger partial charge in [0.1, 0.15) is 0 Å². The number of nitrogens with zero attached hydrogens (tertiary/aromatic N) is 3. The van der Waals surface area contributed by atoms with E-state index in [-0.39, 0.29) is 5.69 Å². The van der Waals surface area contributed by atoms with Crippen LogP contribution in [0.25, 0.3) is 11.0 Å². The van der Waals surface area contributed by atoms with Gasteiger partial charge in [0.25, 0.3) is 5.97 Å². The summed E-state index contributed by atoms with van der Waals surface area (Å²) in [5, 5.41) is 7.42. The van der Waals surface area contributed by atoms with Gasteiger partial charge in [-0.1, -0.05) is 18.2 Å². The van der Waals surface area contributed by atoms with E-state index in [4.69, 9.17) is 9.90 Å². The number of aliphatic carboxylic acids is 1. The second-order valence-corrected chi connectivity index (χ2v) is 7.49. The molecular formula is C22H25F3N4O3. The van der Waals surface area contributed by atoms with Crippen LogP contribution in [-0.4, -0.2) is 58.3 Å². The Morgan fingerprint density at radius 3 is 2.34 bits per heavy atom. The van der Waals surface area contributed by atoms with Crippen LogP contribution in [0.5, 0.6) is 0 Å². The minimum absolute atomic E-state index is 0.121. The molecule has 0 radical (unpaired) electrons. The highest BCUT2D eigenvalue weighted by atomic mass is 19.4. The van der Waals surface area contributed by atoms with Gasteiger partial charge in [-0.2, -0.15) is 13.2 Å². The Bertz CT molecular complexity index is 1110. The number of alkyl halides is 3. The zero-order valence-corrected chi connectivity index (χ0v) is 17.6. The van der Waals surface area contributed by atoms with Crippen molar-refractivity contribution >= 4 is 22.7 Å². The van der Waals surface area contributed by atoms with Gasteiger partial charge in [-0.3, -0.25) is 14.3 Å². The van der Waals surface area contributed by atoms with Crippen LogP contribution in [0.3, 0.4) is 0 Å². The van der Waals surface area contributed by atoms with Crippen LogP contribution in [-0.2, 0) is 17.5 Å². The molecule has 0 unspecified atom stereocenters. The number of nitrogens with one attached hydrogen (secondary N) is 1. The fraction of sp³-hybridized carbons (Fsp3) is 0.364. The van der Waals surface area contributed by atoms with Crippen molar-refractivity contribution in [2.75, 3.05) is 37.6 Å². The third-order valence-electron chi connectivity index (χ3n) is 5.23. The van der Waals surface area contributed by atoms with Gasteiger partial charge in [0.05, 0.1) is 16.6 Å². The van der Waals surface area contributed by atoms with E-state index in [0.29, 0.717) is 25.3 Å².